The standard InChI is InChI=1S/C21H18N2O5/c24-19(12-22-21(25)15-8-9-16-18(11-15)28-13-27-16)23-20(17-7-4-10-26-17)14-5-2-1-3-6-14/h1-11,20H,12-13H2,(H,22,25)(H,23,24). The summed E-state index contributed by atoms with van der Waals surface area (Å²) < 4.78 is 16.0. The SMILES string of the molecule is O=C(CNC(=O)c1ccc2c(c1)OCO2)NC(c1ccccc1)c1ccco1. The quantitative estimate of drug-likeness (QED) is 0.688. The van der Waals surface area contributed by atoms with Gasteiger partial charge >= 0.3 is 0 Å². The van der Waals surface area contributed by atoms with Crippen LogP contribution in [-0.2, 0) is 4.79 Å². The molecule has 1 aromatic heterocycles. The molecule has 7 nitrogen and oxygen atoms in total. The first kappa shape index (κ1) is 17.7. The second-order valence-corrected chi connectivity index (χ2v) is 6.18. The molecule has 0 saturated carbocycles. The smallest absolute Gasteiger partial charge is 0.251 e. The first-order valence-corrected chi connectivity index (χ1v) is 8.76. The van der Waals surface area contributed by atoms with Crippen molar-refractivity contribution in [3.05, 3.63) is 83.8 Å². The molecule has 0 radical (unpaired) electrons. The normalized spacial score (nSPS) is 13.0. The largest absolute Gasteiger partial charge is 0.467 e. The molecule has 0 fully saturated rings. The van der Waals surface area contributed by atoms with E-state index in [0.29, 0.717) is 22.8 Å². The highest BCUT2D eigenvalue weighted by Gasteiger charge is 2.20. The molecule has 1 unspecified atom stereocenters. The lowest BCUT2D eigenvalue weighted by atomic mass is 10.0. The van der Waals surface area contributed by atoms with E-state index in [-0.39, 0.29) is 25.2 Å². The van der Waals surface area contributed by atoms with Crippen LogP contribution in [0.15, 0.2) is 71.3 Å². The van der Waals surface area contributed by atoms with Crippen LogP contribution < -0.4 is 20.1 Å². The third-order valence-corrected chi connectivity index (χ3v) is 4.31. The fourth-order valence-corrected chi connectivity index (χ4v) is 2.93. The van der Waals surface area contributed by atoms with E-state index in [2.05, 4.69) is 10.6 Å². The first-order chi connectivity index (χ1) is 13.7. The summed E-state index contributed by atoms with van der Waals surface area (Å²) in [6, 6.07) is 17.5. The van der Waals surface area contributed by atoms with Crippen LogP contribution in [0.5, 0.6) is 11.5 Å². The Hall–Kier alpha value is -3.74. The van der Waals surface area contributed by atoms with E-state index in [4.69, 9.17) is 13.9 Å². The predicted molar refractivity (Wildman–Crippen MR) is 100 cm³/mol. The number of carbonyl (C=O) groups is 2. The first-order valence-electron chi connectivity index (χ1n) is 8.76. The number of amides is 2. The average Bonchev–Trinajstić information content (AvgIpc) is 3.42. The minimum atomic E-state index is -0.439. The van der Waals surface area contributed by atoms with Crippen molar-refractivity contribution in [2.24, 2.45) is 0 Å². The molecule has 7 heteroatoms. The van der Waals surface area contributed by atoms with Crippen LogP contribution in [0.3, 0.4) is 0 Å². The van der Waals surface area contributed by atoms with Gasteiger partial charge in [-0.25, -0.2) is 0 Å². The van der Waals surface area contributed by atoms with E-state index in [1.807, 2.05) is 30.3 Å². The van der Waals surface area contributed by atoms with Crippen molar-refractivity contribution >= 4 is 11.8 Å². The van der Waals surface area contributed by atoms with Crippen molar-refractivity contribution in [1.29, 1.82) is 0 Å². The molecule has 2 heterocycles. The number of nitrogens with one attached hydrogen (secondary N) is 2. The van der Waals surface area contributed by atoms with Crippen molar-refractivity contribution in [2.45, 2.75) is 6.04 Å². The van der Waals surface area contributed by atoms with Gasteiger partial charge in [0.05, 0.1) is 12.8 Å². The van der Waals surface area contributed by atoms with Gasteiger partial charge in [-0.3, -0.25) is 9.59 Å². The summed E-state index contributed by atoms with van der Waals surface area (Å²) in [4.78, 5) is 24.8. The molecule has 4 rings (SSSR count). The maximum absolute atomic E-state index is 12.4. The molecule has 0 saturated heterocycles. The molecular weight excluding hydrogens is 360 g/mol. The van der Waals surface area contributed by atoms with Gasteiger partial charge in [0, 0.05) is 5.56 Å². The number of hydrogen-bond acceptors (Lipinski definition) is 5. The van der Waals surface area contributed by atoms with Crippen molar-refractivity contribution in [1.82, 2.24) is 10.6 Å². The van der Waals surface area contributed by atoms with Gasteiger partial charge < -0.3 is 24.5 Å². The molecule has 0 spiro atoms. The Bertz CT molecular complexity index is 970. The molecule has 1 aliphatic heterocycles. The monoisotopic (exact) mass is 378 g/mol. The van der Waals surface area contributed by atoms with Crippen LogP contribution in [0.25, 0.3) is 0 Å². The Morgan fingerprint density at radius 1 is 0.964 bits per heavy atom. The lowest BCUT2D eigenvalue weighted by molar-refractivity contribution is -0.120. The van der Waals surface area contributed by atoms with Crippen molar-refractivity contribution in [3.8, 4) is 11.5 Å². The minimum Gasteiger partial charge on any atom is -0.467 e. The van der Waals surface area contributed by atoms with E-state index in [0.717, 1.165) is 5.56 Å². The van der Waals surface area contributed by atoms with Crippen LogP contribution in [0.4, 0.5) is 0 Å². The third-order valence-electron chi connectivity index (χ3n) is 4.31. The van der Waals surface area contributed by atoms with E-state index in [9.17, 15) is 9.59 Å². The third kappa shape index (κ3) is 3.83. The lowest BCUT2D eigenvalue weighted by Crippen LogP contribution is -2.38. The average molecular weight is 378 g/mol. The van der Waals surface area contributed by atoms with Gasteiger partial charge in [0.15, 0.2) is 11.5 Å². The van der Waals surface area contributed by atoms with Crippen molar-refractivity contribution in [2.75, 3.05) is 13.3 Å². The van der Waals surface area contributed by atoms with Gasteiger partial charge in [-0.05, 0) is 35.9 Å². The Morgan fingerprint density at radius 3 is 2.57 bits per heavy atom. The highest BCUT2D eigenvalue weighted by molar-refractivity contribution is 5.97. The van der Waals surface area contributed by atoms with Crippen LogP contribution in [0.2, 0.25) is 0 Å². The zero-order valence-corrected chi connectivity index (χ0v) is 14.9. The summed E-state index contributed by atoms with van der Waals surface area (Å²) in [5.41, 5.74) is 1.27. The molecule has 142 valence electrons. The van der Waals surface area contributed by atoms with Gasteiger partial charge in [0.25, 0.3) is 5.91 Å². The Labute approximate surface area is 161 Å². The summed E-state index contributed by atoms with van der Waals surface area (Å²) in [5.74, 6) is 1.02. The van der Waals surface area contributed by atoms with Gasteiger partial charge in [0.2, 0.25) is 12.7 Å². The highest BCUT2D eigenvalue weighted by Crippen LogP contribution is 2.32. The molecule has 2 N–H and O–H groups in total. The molecule has 0 aliphatic carbocycles. The summed E-state index contributed by atoms with van der Waals surface area (Å²) in [5, 5.41) is 5.51. The predicted octanol–water partition coefficient (Wildman–Crippen LogP) is 2.64. The van der Waals surface area contributed by atoms with E-state index >= 15 is 0 Å². The summed E-state index contributed by atoms with van der Waals surface area (Å²) in [7, 11) is 0. The van der Waals surface area contributed by atoms with Crippen LogP contribution in [0, 0.1) is 0 Å². The molecule has 3 aromatic rings. The second-order valence-electron chi connectivity index (χ2n) is 6.18. The van der Waals surface area contributed by atoms with Crippen LogP contribution in [0.1, 0.15) is 27.7 Å². The number of furan rings is 1. The number of hydrogen-bond donors (Lipinski definition) is 2. The number of carbonyl (C=O) groups excluding carboxylic acids is 2. The Kier molecular flexibility index (Phi) is 4.97. The van der Waals surface area contributed by atoms with Crippen LogP contribution >= 0.6 is 0 Å². The van der Waals surface area contributed by atoms with E-state index in [1.165, 1.54) is 0 Å². The zero-order valence-electron chi connectivity index (χ0n) is 14.9. The molecule has 0 bridgehead atoms. The molecule has 2 aromatic carbocycles. The second kappa shape index (κ2) is 7.87. The molecule has 1 atom stereocenters. The number of benzene rings is 2. The maximum atomic E-state index is 12.4. The van der Waals surface area contributed by atoms with Gasteiger partial charge in [-0.2, -0.15) is 0 Å². The van der Waals surface area contributed by atoms with Crippen LogP contribution in [-0.4, -0.2) is 25.2 Å². The minimum absolute atomic E-state index is 0.135. The summed E-state index contributed by atoms with van der Waals surface area (Å²) in [6.07, 6.45) is 1.55. The van der Waals surface area contributed by atoms with Gasteiger partial charge in [-0.1, -0.05) is 30.3 Å². The number of rotatable bonds is 6. The van der Waals surface area contributed by atoms with Crippen molar-refractivity contribution in [3.63, 3.8) is 0 Å². The van der Waals surface area contributed by atoms with E-state index < -0.39 is 6.04 Å². The molecule has 28 heavy (non-hydrogen) atoms. The maximum Gasteiger partial charge on any atom is 0.251 e. The lowest BCUT2D eigenvalue weighted by Gasteiger charge is -2.17. The zero-order chi connectivity index (χ0) is 19.3. The Morgan fingerprint density at radius 2 is 1.79 bits per heavy atom. The summed E-state index contributed by atoms with van der Waals surface area (Å²) in [6.45, 7) is -0.0339. The fraction of sp³-hybridized carbons (Fsp3) is 0.143. The van der Waals surface area contributed by atoms with Crippen molar-refractivity contribution < 1.29 is 23.5 Å². The fourth-order valence-electron chi connectivity index (χ4n) is 2.93. The van der Waals surface area contributed by atoms with Gasteiger partial charge in [-0.15, -0.1) is 0 Å². The molecule has 2 amide bonds. The molecular formula is C21H18N2O5. The highest BCUT2D eigenvalue weighted by atomic mass is 16.7. The topological polar surface area (TPSA) is 89.8 Å². The number of fused-ring (bicyclic) bond motifs is 1. The van der Waals surface area contributed by atoms with Gasteiger partial charge in [0.1, 0.15) is 11.8 Å². The number of ether oxygens (including phenoxy) is 2. The van der Waals surface area contributed by atoms with E-state index in [1.54, 1.807) is 36.6 Å². The molecule has 1 aliphatic rings. The summed E-state index contributed by atoms with van der Waals surface area (Å²) >= 11 is 0. The Balaban J connectivity index is 1.39.